The molecule has 2 bridgehead atoms. The molecule has 29 heavy (non-hydrogen) atoms. The second-order valence-corrected chi connectivity index (χ2v) is 8.97. The Bertz CT molecular complexity index is 944. The van der Waals surface area contributed by atoms with Gasteiger partial charge in [-0.3, -0.25) is 9.59 Å². The normalized spacial score (nSPS) is 30.0. The van der Waals surface area contributed by atoms with E-state index in [1.807, 2.05) is 18.7 Å². The van der Waals surface area contributed by atoms with Crippen LogP contribution in [0.4, 0.5) is 0 Å². The van der Waals surface area contributed by atoms with Crippen molar-refractivity contribution in [2.75, 3.05) is 19.6 Å². The van der Waals surface area contributed by atoms with Crippen molar-refractivity contribution in [2.45, 2.75) is 44.9 Å². The van der Waals surface area contributed by atoms with Gasteiger partial charge < -0.3 is 15.0 Å². The highest BCUT2D eigenvalue weighted by atomic mass is 32.1. The molecule has 154 valence electrons. The summed E-state index contributed by atoms with van der Waals surface area (Å²) in [6, 6.07) is 0. The first-order chi connectivity index (χ1) is 13.9. The van der Waals surface area contributed by atoms with Crippen LogP contribution in [-0.4, -0.2) is 67.8 Å². The van der Waals surface area contributed by atoms with E-state index in [0.717, 1.165) is 18.7 Å². The topological polar surface area (TPSA) is 102 Å². The molecule has 0 aliphatic carbocycles. The van der Waals surface area contributed by atoms with Crippen LogP contribution in [0.15, 0.2) is 10.9 Å². The summed E-state index contributed by atoms with van der Waals surface area (Å²) < 4.78 is 8.04. The zero-order valence-corrected chi connectivity index (χ0v) is 17.3. The molecule has 0 aromatic carbocycles. The van der Waals surface area contributed by atoms with E-state index in [9.17, 15) is 9.59 Å². The Morgan fingerprint density at radius 2 is 2.28 bits per heavy atom. The summed E-state index contributed by atoms with van der Waals surface area (Å²) in [4.78, 5) is 35.4. The molecule has 1 N–H and O–H groups in total. The van der Waals surface area contributed by atoms with Gasteiger partial charge in [0.15, 0.2) is 0 Å². The van der Waals surface area contributed by atoms with E-state index in [2.05, 4.69) is 20.4 Å². The number of carbonyl (C=O) groups is 2. The molecule has 3 aliphatic heterocycles. The number of nitrogens with one attached hydrogen (secondary N) is 1. The van der Waals surface area contributed by atoms with E-state index in [-0.39, 0.29) is 41.9 Å². The number of aryl methyl sites for hydroxylation is 2. The molecule has 1 spiro atoms. The van der Waals surface area contributed by atoms with E-state index in [1.54, 1.807) is 15.6 Å². The molecule has 10 heteroatoms. The first kappa shape index (κ1) is 18.7. The van der Waals surface area contributed by atoms with Crippen LogP contribution in [-0.2, 0) is 16.1 Å². The van der Waals surface area contributed by atoms with Crippen molar-refractivity contribution in [1.29, 1.82) is 0 Å². The van der Waals surface area contributed by atoms with E-state index >= 15 is 0 Å². The van der Waals surface area contributed by atoms with Crippen LogP contribution in [0.25, 0.3) is 0 Å². The average molecular weight is 417 g/mol. The summed E-state index contributed by atoms with van der Waals surface area (Å²) in [5, 5.41) is 9.06. The van der Waals surface area contributed by atoms with Gasteiger partial charge in [-0.15, -0.1) is 11.3 Å². The maximum Gasteiger partial charge on any atom is 0.270 e. The number of thiazole rings is 1. The number of ether oxygens (including phenoxy) is 1. The van der Waals surface area contributed by atoms with Gasteiger partial charge in [-0.2, -0.15) is 5.10 Å². The lowest BCUT2D eigenvalue weighted by Crippen LogP contribution is -2.42. The zero-order valence-electron chi connectivity index (χ0n) is 16.5. The predicted molar refractivity (Wildman–Crippen MR) is 104 cm³/mol. The Hall–Kier alpha value is -2.33. The summed E-state index contributed by atoms with van der Waals surface area (Å²) in [5.74, 6) is 1.78. The molecule has 2 aromatic heterocycles. The highest BCUT2D eigenvalue weighted by Gasteiger charge is 2.63. The minimum atomic E-state index is -0.260. The number of aromatic nitrogens is 4. The van der Waals surface area contributed by atoms with Crippen LogP contribution in [0.2, 0.25) is 0 Å². The molecule has 2 aromatic rings. The molecule has 3 saturated heterocycles. The highest BCUT2D eigenvalue weighted by Crippen LogP contribution is 2.54. The van der Waals surface area contributed by atoms with E-state index in [1.165, 1.54) is 11.3 Å². The third-order valence-electron chi connectivity index (χ3n) is 6.55. The average Bonchev–Trinajstić information content (AvgIpc) is 3.47. The zero-order chi connectivity index (χ0) is 20.2. The molecule has 5 rings (SSSR count). The first-order valence-corrected chi connectivity index (χ1v) is 10.9. The quantitative estimate of drug-likeness (QED) is 0.773. The van der Waals surface area contributed by atoms with E-state index in [4.69, 9.17) is 4.74 Å². The number of nitrogens with zero attached hydrogens (tertiary/aromatic N) is 5. The van der Waals surface area contributed by atoms with Gasteiger partial charge in [0.25, 0.3) is 5.91 Å². The Labute approximate surface area is 172 Å². The van der Waals surface area contributed by atoms with Gasteiger partial charge >= 0.3 is 0 Å². The van der Waals surface area contributed by atoms with Gasteiger partial charge in [0.05, 0.1) is 23.8 Å². The van der Waals surface area contributed by atoms with E-state index < -0.39 is 0 Å². The van der Waals surface area contributed by atoms with Gasteiger partial charge in [0.1, 0.15) is 23.9 Å². The maximum atomic E-state index is 12.9. The highest BCUT2D eigenvalue weighted by molar-refractivity contribution is 7.07. The van der Waals surface area contributed by atoms with Crippen LogP contribution in [0.3, 0.4) is 0 Å². The lowest BCUT2D eigenvalue weighted by atomic mass is 9.73. The van der Waals surface area contributed by atoms with Crippen molar-refractivity contribution < 1.29 is 14.3 Å². The third kappa shape index (κ3) is 3.14. The second kappa shape index (κ2) is 6.88. The molecule has 3 aliphatic rings. The Morgan fingerprint density at radius 3 is 3.00 bits per heavy atom. The monoisotopic (exact) mass is 416 g/mol. The molecule has 5 heterocycles. The number of likely N-dealkylation sites (tertiary alicyclic amines) is 1. The van der Waals surface area contributed by atoms with Crippen molar-refractivity contribution in [1.82, 2.24) is 30.0 Å². The van der Waals surface area contributed by atoms with Crippen molar-refractivity contribution >= 4 is 23.2 Å². The van der Waals surface area contributed by atoms with Crippen molar-refractivity contribution in [2.24, 2.45) is 11.8 Å². The third-order valence-corrected chi connectivity index (χ3v) is 7.13. The number of carbonyl (C=O) groups excluding carboxylic acids is 2. The minimum absolute atomic E-state index is 0.0408. The summed E-state index contributed by atoms with van der Waals surface area (Å²) in [5.41, 5.74) is 1.85. The lowest BCUT2D eigenvalue weighted by molar-refractivity contribution is -0.132. The van der Waals surface area contributed by atoms with Gasteiger partial charge in [-0.1, -0.05) is 0 Å². The molecule has 3 fully saturated rings. The second-order valence-electron chi connectivity index (χ2n) is 8.25. The summed E-state index contributed by atoms with van der Waals surface area (Å²) in [6.45, 7) is 5.72. The van der Waals surface area contributed by atoms with Gasteiger partial charge in [0, 0.05) is 30.3 Å². The Morgan fingerprint density at radius 1 is 1.41 bits per heavy atom. The van der Waals surface area contributed by atoms with Crippen LogP contribution in [0.1, 0.15) is 35.0 Å². The molecule has 0 saturated carbocycles. The van der Waals surface area contributed by atoms with Crippen LogP contribution < -0.4 is 5.32 Å². The predicted octanol–water partition coefficient (Wildman–Crippen LogP) is 0.787. The summed E-state index contributed by atoms with van der Waals surface area (Å²) >= 11 is 1.41. The van der Waals surface area contributed by atoms with Crippen molar-refractivity contribution in [3.05, 3.63) is 28.2 Å². The van der Waals surface area contributed by atoms with Gasteiger partial charge in [-0.25, -0.2) is 14.6 Å². The fourth-order valence-corrected chi connectivity index (χ4v) is 5.75. The SMILES string of the molecule is Cc1nc(C)n(CC(=O)N2C[C@@H]3[C@H](CNC(=O)c4cscn4)[C@H]4CC[C@]3(C2)O4)n1. The van der Waals surface area contributed by atoms with E-state index in [0.29, 0.717) is 31.2 Å². The van der Waals surface area contributed by atoms with Gasteiger partial charge in [0.2, 0.25) is 5.91 Å². The molecule has 4 atom stereocenters. The van der Waals surface area contributed by atoms with Crippen molar-refractivity contribution in [3.8, 4) is 0 Å². The summed E-state index contributed by atoms with van der Waals surface area (Å²) in [7, 11) is 0. The Kier molecular flexibility index (Phi) is 4.43. The standard InChI is InChI=1S/C19H24N6O3S/c1-11-22-12(2)25(23-11)7-17(26)24-6-14-13(16-3-4-19(14,9-24)28-16)5-20-18(27)15-8-29-10-21-15/h8,10,13-14,16H,3-7,9H2,1-2H3,(H,20,27)/t13-,14+,16+,19+/m0/s1. The smallest absolute Gasteiger partial charge is 0.270 e. The number of rotatable bonds is 5. The molecule has 0 unspecified atom stereocenters. The minimum Gasteiger partial charge on any atom is -0.369 e. The molecular formula is C19H24N6O3S. The number of fused-ring (bicyclic) bond motifs is 1. The largest absolute Gasteiger partial charge is 0.369 e. The molecule has 9 nitrogen and oxygen atoms in total. The first-order valence-electron chi connectivity index (χ1n) is 9.95. The number of amides is 2. The summed E-state index contributed by atoms with van der Waals surface area (Å²) in [6.07, 6.45) is 2.12. The number of hydrogen-bond acceptors (Lipinski definition) is 7. The molecular weight excluding hydrogens is 392 g/mol. The van der Waals surface area contributed by atoms with Crippen LogP contribution in [0.5, 0.6) is 0 Å². The Balaban J connectivity index is 1.25. The maximum absolute atomic E-state index is 12.9. The van der Waals surface area contributed by atoms with Crippen LogP contribution >= 0.6 is 11.3 Å². The fraction of sp³-hybridized carbons (Fsp3) is 0.632. The van der Waals surface area contributed by atoms with Gasteiger partial charge in [-0.05, 0) is 26.7 Å². The van der Waals surface area contributed by atoms with Crippen LogP contribution in [0, 0.1) is 25.7 Å². The van der Waals surface area contributed by atoms with Crippen molar-refractivity contribution in [3.63, 3.8) is 0 Å². The number of hydrogen-bond donors (Lipinski definition) is 1. The fourth-order valence-electron chi connectivity index (χ4n) is 5.22. The molecule has 0 radical (unpaired) electrons. The molecule has 2 amide bonds. The lowest BCUT2D eigenvalue weighted by Gasteiger charge is -2.29.